The highest BCUT2D eigenvalue weighted by molar-refractivity contribution is 9.10. The van der Waals surface area contributed by atoms with E-state index in [1.54, 1.807) is 0 Å². The maximum Gasteiger partial charge on any atom is 0.107 e. The van der Waals surface area contributed by atoms with E-state index in [-0.39, 0.29) is 0 Å². The zero-order valence-electron chi connectivity index (χ0n) is 10.8. The van der Waals surface area contributed by atoms with Crippen molar-refractivity contribution in [2.75, 3.05) is 31.1 Å². The number of benzene rings is 1. The first-order chi connectivity index (χ1) is 9.16. The van der Waals surface area contributed by atoms with E-state index in [0.29, 0.717) is 4.99 Å². The molecule has 5 heteroatoms. The number of halogens is 1. The van der Waals surface area contributed by atoms with E-state index in [1.165, 1.54) is 12.8 Å². The Morgan fingerprint density at radius 3 is 2.47 bits per heavy atom. The Hall–Kier alpha value is -0.650. The molecule has 0 radical (unpaired) electrons. The molecule has 2 fully saturated rings. The van der Waals surface area contributed by atoms with Gasteiger partial charge in [0, 0.05) is 47.9 Å². The Morgan fingerprint density at radius 1 is 1.21 bits per heavy atom. The zero-order chi connectivity index (χ0) is 13.4. The topological polar surface area (TPSA) is 32.5 Å². The molecule has 102 valence electrons. The van der Waals surface area contributed by atoms with Crippen LogP contribution in [0.15, 0.2) is 22.7 Å². The lowest BCUT2D eigenvalue weighted by Crippen LogP contribution is -2.47. The van der Waals surface area contributed by atoms with E-state index in [2.05, 4.69) is 37.9 Å². The molecular formula is C14H18BrN3S. The summed E-state index contributed by atoms with van der Waals surface area (Å²) in [6, 6.07) is 7.03. The van der Waals surface area contributed by atoms with Gasteiger partial charge in [-0.25, -0.2) is 0 Å². The maximum atomic E-state index is 5.87. The van der Waals surface area contributed by atoms with Gasteiger partial charge in [0.2, 0.25) is 0 Å². The largest absolute Gasteiger partial charge is 0.389 e. The van der Waals surface area contributed by atoms with E-state index >= 15 is 0 Å². The monoisotopic (exact) mass is 339 g/mol. The zero-order valence-corrected chi connectivity index (χ0v) is 13.2. The van der Waals surface area contributed by atoms with Crippen LogP contribution in [0.3, 0.4) is 0 Å². The first-order valence-electron chi connectivity index (χ1n) is 6.74. The lowest BCUT2D eigenvalue weighted by molar-refractivity contribution is 0.248. The first-order valence-corrected chi connectivity index (χ1v) is 7.94. The lowest BCUT2D eigenvalue weighted by Gasteiger charge is -2.37. The fourth-order valence-corrected chi connectivity index (χ4v) is 3.70. The van der Waals surface area contributed by atoms with Crippen molar-refractivity contribution in [2.24, 2.45) is 5.73 Å². The molecule has 0 amide bonds. The van der Waals surface area contributed by atoms with E-state index < -0.39 is 0 Å². The van der Waals surface area contributed by atoms with Gasteiger partial charge in [-0.3, -0.25) is 4.90 Å². The summed E-state index contributed by atoms with van der Waals surface area (Å²) in [5.74, 6) is 0. The molecule has 1 saturated heterocycles. The summed E-state index contributed by atoms with van der Waals surface area (Å²) in [5, 5.41) is 0. The predicted molar refractivity (Wildman–Crippen MR) is 86.8 cm³/mol. The van der Waals surface area contributed by atoms with Crippen LogP contribution in [0.1, 0.15) is 18.4 Å². The number of thiocarbonyl (C=S) groups is 1. The Morgan fingerprint density at radius 2 is 1.89 bits per heavy atom. The quantitative estimate of drug-likeness (QED) is 0.857. The van der Waals surface area contributed by atoms with E-state index in [0.717, 1.165) is 47.9 Å². The molecule has 0 spiro atoms. The van der Waals surface area contributed by atoms with Gasteiger partial charge in [-0.15, -0.1) is 0 Å². The van der Waals surface area contributed by atoms with Crippen molar-refractivity contribution in [3.8, 4) is 0 Å². The van der Waals surface area contributed by atoms with Crippen molar-refractivity contribution >= 4 is 38.8 Å². The number of piperazine rings is 1. The second kappa shape index (κ2) is 5.38. The highest BCUT2D eigenvalue weighted by Crippen LogP contribution is 2.31. The fraction of sp³-hybridized carbons (Fsp3) is 0.500. The molecule has 1 aliphatic carbocycles. The van der Waals surface area contributed by atoms with Crippen LogP contribution in [0.5, 0.6) is 0 Å². The van der Waals surface area contributed by atoms with Gasteiger partial charge in [-0.2, -0.15) is 0 Å². The average Bonchev–Trinajstić information content (AvgIpc) is 3.22. The highest BCUT2D eigenvalue weighted by atomic mass is 79.9. The van der Waals surface area contributed by atoms with Crippen molar-refractivity contribution in [1.29, 1.82) is 0 Å². The molecule has 1 saturated carbocycles. The van der Waals surface area contributed by atoms with Crippen LogP contribution in [-0.2, 0) is 0 Å². The van der Waals surface area contributed by atoms with E-state index in [1.807, 2.05) is 6.07 Å². The van der Waals surface area contributed by atoms with E-state index in [4.69, 9.17) is 18.0 Å². The van der Waals surface area contributed by atoms with Crippen LogP contribution in [0.25, 0.3) is 0 Å². The fourth-order valence-electron chi connectivity index (χ4n) is 2.79. The molecule has 1 aromatic rings. The first kappa shape index (κ1) is 13.3. The molecular weight excluding hydrogens is 322 g/mol. The Balaban J connectivity index is 1.79. The normalized spacial score (nSPS) is 20.6. The van der Waals surface area contributed by atoms with Crippen LogP contribution in [0, 0.1) is 0 Å². The van der Waals surface area contributed by atoms with Crippen LogP contribution >= 0.6 is 28.1 Å². The highest BCUT2D eigenvalue weighted by Gasteiger charge is 2.31. The van der Waals surface area contributed by atoms with E-state index in [9.17, 15) is 0 Å². The third kappa shape index (κ3) is 2.78. The van der Waals surface area contributed by atoms with Crippen LogP contribution in [-0.4, -0.2) is 42.1 Å². The molecule has 0 atom stereocenters. The molecule has 0 unspecified atom stereocenters. The molecule has 19 heavy (non-hydrogen) atoms. The number of hydrogen-bond donors (Lipinski definition) is 1. The minimum Gasteiger partial charge on any atom is -0.389 e. The predicted octanol–water partition coefficient (Wildman–Crippen LogP) is 2.37. The maximum absolute atomic E-state index is 5.87. The van der Waals surface area contributed by atoms with Crippen LogP contribution in [0.2, 0.25) is 0 Å². The summed E-state index contributed by atoms with van der Waals surface area (Å²) in [6.45, 7) is 4.41. The van der Waals surface area contributed by atoms with Crippen molar-refractivity contribution in [1.82, 2.24) is 4.90 Å². The van der Waals surface area contributed by atoms with Gasteiger partial charge in [0.15, 0.2) is 0 Å². The SMILES string of the molecule is NC(=S)c1c(Br)cccc1N1CCN(C2CC2)CC1. The summed E-state index contributed by atoms with van der Waals surface area (Å²) in [6.07, 6.45) is 2.77. The van der Waals surface area contributed by atoms with Crippen molar-refractivity contribution < 1.29 is 0 Å². The molecule has 2 N–H and O–H groups in total. The second-order valence-electron chi connectivity index (χ2n) is 5.25. The number of rotatable bonds is 3. The van der Waals surface area contributed by atoms with Crippen molar-refractivity contribution in [3.05, 3.63) is 28.2 Å². The average molecular weight is 340 g/mol. The number of nitrogens with zero attached hydrogens (tertiary/aromatic N) is 2. The van der Waals surface area contributed by atoms with Crippen LogP contribution < -0.4 is 10.6 Å². The minimum absolute atomic E-state index is 0.465. The standard InChI is InChI=1S/C14H18BrN3S/c15-11-2-1-3-12(13(11)14(16)19)18-8-6-17(7-9-18)10-4-5-10/h1-3,10H,4-9H2,(H2,16,19). The molecule has 1 aliphatic heterocycles. The van der Waals surface area contributed by atoms with Crippen molar-refractivity contribution in [3.63, 3.8) is 0 Å². The molecule has 0 aromatic heterocycles. The minimum atomic E-state index is 0.465. The van der Waals surface area contributed by atoms with Gasteiger partial charge in [0.25, 0.3) is 0 Å². The van der Waals surface area contributed by atoms with Gasteiger partial charge >= 0.3 is 0 Å². The van der Waals surface area contributed by atoms with Crippen molar-refractivity contribution in [2.45, 2.75) is 18.9 Å². The van der Waals surface area contributed by atoms with Gasteiger partial charge in [-0.1, -0.05) is 18.3 Å². The van der Waals surface area contributed by atoms with Gasteiger partial charge in [0.1, 0.15) is 4.99 Å². The Kier molecular flexibility index (Phi) is 3.78. The summed E-state index contributed by atoms with van der Waals surface area (Å²) in [5.41, 5.74) is 8.01. The molecule has 3 rings (SSSR count). The number of anilines is 1. The van der Waals surface area contributed by atoms with Gasteiger partial charge in [-0.05, 0) is 40.9 Å². The Labute approximate surface area is 127 Å². The van der Waals surface area contributed by atoms with Crippen LogP contribution in [0.4, 0.5) is 5.69 Å². The lowest BCUT2D eigenvalue weighted by atomic mass is 10.1. The second-order valence-corrected chi connectivity index (χ2v) is 6.55. The van der Waals surface area contributed by atoms with Gasteiger partial charge in [0.05, 0.1) is 0 Å². The summed E-state index contributed by atoms with van der Waals surface area (Å²) >= 11 is 8.75. The van der Waals surface area contributed by atoms with Gasteiger partial charge < -0.3 is 10.6 Å². The third-order valence-corrected chi connectivity index (χ3v) is 4.82. The summed E-state index contributed by atoms with van der Waals surface area (Å²) in [4.78, 5) is 5.47. The molecule has 3 nitrogen and oxygen atoms in total. The molecule has 2 aliphatic rings. The number of nitrogens with two attached hydrogens (primary N) is 1. The summed E-state index contributed by atoms with van der Waals surface area (Å²) in [7, 11) is 0. The molecule has 0 bridgehead atoms. The smallest absolute Gasteiger partial charge is 0.107 e. The third-order valence-electron chi connectivity index (χ3n) is 3.96. The molecule has 1 aromatic carbocycles. The molecule has 1 heterocycles. The Bertz CT molecular complexity index is 493. The summed E-state index contributed by atoms with van der Waals surface area (Å²) < 4.78 is 0.988. The number of hydrogen-bond acceptors (Lipinski definition) is 3.